The first kappa shape index (κ1) is 13.8. The number of carbonyl (C=O) groups is 1. The molecule has 5 nitrogen and oxygen atoms in total. The molecule has 1 aromatic rings. The number of amides is 1. The molecular formula is C13H16FNO4. The predicted molar refractivity (Wildman–Crippen MR) is 65.3 cm³/mol. The molecule has 0 aromatic heterocycles. The Kier molecular flexibility index (Phi) is 3.47. The number of halogens is 1. The van der Waals surface area contributed by atoms with Gasteiger partial charge >= 0.3 is 6.09 Å². The fourth-order valence-corrected chi connectivity index (χ4v) is 2.30. The molecular weight excluding hydrogens is 253 g/mol. The first-order valence-electron chi connectivity index (χ1n) is 5.99. The van der Waals surface area contributed by atoms with Crippen molar-refractivity contribution in [3.8, 4) is 0 Å². The molecule has 1 aromatic carbocycles. The maximum atomic E-state index is 13.5. The molecule has 0 saturated carbocycles. The molecule has 1 aliphatic rings. The lowest BCUT2D eigenvalue weighted by atomic mass is 9.82. The number of aliphatic hydroxyl groups excluding tert-OH is 1. The van der Waals surface area contributed by atoms with Crippen molar-refractivity contribution in [2.75, 3.05) is 13.1 Å². The fraction of sp³-hybridized carbons (Fsp3) is 0.462. The highest BCUT2D eigenvalue weighted by atomic mass is 19.1. The van der Waals surface area contributed by atoms with Gasteiger partial charge in [0.1, 0.15) is 17.5 Å². The number of hydrogen-bond acceptors (Lipinski definition) is 3. The lowest BCUT2D eigenvalue weighted by Gasteiger charge is -2.41. The van der Waals surface area contributed by atoms with E-state index in [0.29, 0.717) is 5.56 Å². The molecule has 2 atom stereocenters. The number of nitrogens with zero attached hydrogens (tertiary/aromatic N) is 1. The van der Waals surface area contributed by atoms with Crippen LogP contribution in [0.4, 0.5) is 9.18 Å². The van der Waals surface area contributed by atoms with E-state index in [-0.39, 0.29) is 25.1 Å². The topological polar surface area (TPSA) is 81.0 Å². The highest BCUT2D eigenvalue weighted by Crippen LogP contribution is 2.33. The molecule has 0 spiro atoms. The Balaban J connectivity index is 2.28. The number of likely N-dealkylation sites (tertiary alicyclic amines) is 1. The second-order valence-electron chi connectivity index (χ2n) is 4.88. The number of β-amino-alcohol motifs (C(OH)–C–C–N with tert-alkyl or cyclic N) is 1. The summed E-state index contributed by atoms with van der Waals surface area (Å²) < 4.78 is 13.5. The van der Waals surface area contributed by atoms with Crippen LogP contribution in [-0.2, 0) is 5.60 Å². The van der Waals surface area contributed by atoms with E-state index in [0.717, 1.165) is 4.90 Å². The number of carboxylic acid groups (broad SMARTS) is 1. The molecule has 1 heterocycles. The van der Waals surface area contributed by atoms with Crippen LogP contribution in [0.2, 0.25) is 0 Å². The summed E-state index contributed by atoms with van der Waals surface area (Å²) in [6.45, 7) is 1.51. The average molecular weight is 269 g/mol. The van der Waals surface area contributed by atoms with E-state index in [2.05, 4.69) is 0 Å². The maximum absolute atomic E-state index is 13.5. The van der Waals surface area contributed by atoms with Crippen LogP contribution in [0.25, 0.3) is 0 Å². The Morgan fingerprint density at radius 3 is 2.74 bits per heavy atom. The molecule has 6 heteroatoms. The van der Waals surface area contributed by atoms with E-state index in [9.17, 15) is 19.4 Å². The molecule has 1 amide bonds. The molecule has 0 bridgehead atoms. The van der Waals surface area contributed by atoms with Crippen molar-refractivity contribution in [3.05, 3.63) is 35.1 Å². The minimum Gasteiger partial charge on any atom is -0.465 e. The SMILES string of the molecule is Cc1ccc([C@@]2(O)CCN(C(=O)O)C[C@@H]2O)cc1F. The quantitative estimate of drug-likeness (QED) is 0.712. The summed E-state index contributed by atoms with van der Waals surface area (Å²) in [6.07, 6.45) is -2.39. The number of rotatable bonds is 1. The van der Waals surface area contributed by atoms with Gasteiger partial charge in [0.25, 0.3) is 0 Å². The first-order valence-corrected chi connectivity index (χ1v) is 5.99. The zero-order valence-electron chi connectivity index (χ0n) is 10.5. The van der Waals surface area contributed by atoms with Crippen LogP contribution in [-0.4, -0.2) is 45.5 Å². The minimum atomic E-state index is -1.61. The minimum absolute atomic E-state index is 0.0307. The summed E-state index contributed by atoms with van der Waals surface area (Å²) >= 11 is 0. The number of aryl methyl sites for hydroxylation is 1. The van der Waals surface area contributed by atoms with E-state index in [1.807, 2.05) is 0 Å². The molecule has 0 unspecified atom stereocenters. The molecule has 2 rings (SSSR count). The average Bonchev–Trinajstić information content (AvgIpc) is 2.35. The monoisotopic (exact) mass is 269 g/mol. The smallest absolute Gasteiger partial charge is 0.407 e. The molecule has 1 aliphatic heterocycles. The zero-order valence-corrected chi connectivity index (χ0v) is 10.5. The van der Waals surface area contributed by atoms with Crippen molar-refractivity contribution in [3.63, 3.8) is 0 Å². The van der Waals surface area contributed by atoms with Gasteiger partial charge in [0.2, 0.25) is 0 Å². The Bertz CT molecular complexity index is 507. The molecule has 1 saturated heterocycles. The first-order chi connectivity index (χ1) is 8.84. The summed E-state index contributed by atoms with van der Waals surface area (Å²) in [5, 5.41) is 29.3. The molecule has 1 fully saturated rings. The van der Waals surface area contributed by atoms with Gasteiger partial charge in [-0.15, -0.1) is 0 Å². The number of piperidine rings is 1. The molecule has 104 valence electrons. The Morgan fingerprint density at radius 1 is 1.53 bits per heavy atom. The summed E-state index contributed by atoms with van der Waals surface area (Å²) in [5.74, 6) is -0.459. The van der Waals surface area contributed by atoms with Gasteiger partial charge in [-0.2, -0.15) is 0 Å². The van der Waals surface area contributed by atoms with Gasteiger partial charge in [-0.3, -0.25) is 0 Å². The van der Waals surface area contributed by atoms with Crippen LogP contribution in [0.15, 0.2) is 18.2 Å². The Hall–Kier alpha value is -1.66. The standard InChI is InChI=1S/C13H16FNO4/c1-8-2-3-9(6-10(8)14)13(19)4-5-15(12(17)18)7-11(13)16/h2-3,6,11,16,19H,4-5,7H2,1H3,(H,17,18)/t11-,13-/m0/s1. The highest BCUT2D eigenvalue weighted by molar-refractivity contribution is 5.65. The van der Waals surface area contributed by atoms with Gasteiger partial charge in [0.05, 0.1) is 6.54 Å². The third-order valence-electron chi connectivity index (χ3n) is 3.65. The third-order valence-corrected chi connectivity index (χ3v) is 3.65. The molecule has 0 radical (unpaired) electrons. The van der Waals surface area contributed by atoms with Crippen molar-refractivity contribution in [1.29, 1.82) is 0 Å². The fourth-order valence-electron chi connectivity index (χ4n) is 2.30. The number of aliphatic hydroxyl groups is 2. The van der Waals surface area contributed by atoms with Gasteiger partial charge in [0.15, 0.2) is 0 Å². The van der Waals surface area contributed by atoms with Gasteiger partial charge in [-0.25, -0.2) is 9.18 Å². The van der Waals surface area contributed by atoms with Gasteiger partial charge in [0, 0.05) is 13.0 Å². The summed E-state index contributed by atoms with van der Waals surface area (Å²) in [6, 6.07) is 4.27. The normalized spacial score (nSPS) is 27.4. The van der Waals surface area contributed by atoms with Crippen LogP contribution < -0.4 is 0 Å². The Morgan fingerprint density at radius 2 is 2.21 bits per heavy atom. The lowest BCUT2D eigenvalue weighted by Crippen LogP contribution is -2.54. The second-order valence-corrected chi connectivity index (χ2v) is 4.88. The maximum Gasteiger partial charge on any atom is 0.407 e. The highest BCUT2D eigenvalue weighted by Gasteiger charge is 2.43. The number of benzene rings is 1. The largest absolute Gasteiger partial charge is 0.465 e. The van der Waals surface area contributed by atoms with Crippen molar-refractivity contribution < 1.29 is 24.5 Å². The molecule has 3 N–H and O–H groups in total. The molecule has 19 heavy (non-hydrogen) atoms. The summed E-state index contributed by atoms with van der Waals surface area (Å²) in [4.78, 5) is 11.9. The van der Waals surface area contributed by atoms with Crippen LogP contribution >= 0.6 is 0 Å². The van der Waals surface area contributed by atoms with Crippen LogP contribution in [0, 0.1) is 12.7 Å². The second kappa shape index (κ2) is 4.79. The zero-order chi connectivity index (χ0) is 14.2. The van der Waals surface area contributed by atoms with Crippen molar-refractivity contribution in [2.24, 2.45) is 0 Å². The number of hydrogen-bond donors (Lipinski definition) is 3. The Labute approximate surface area is 109 Å². The van der Waals surface area contributed by atoms with Crippen LogP contribution in [0.3, 0.4) is 0 Å². The van der Waals surface area contributed by atoms with E-state index in [1.165, 1.54) is 12.1 Å². The van der Waals surface area contributed by atoms with Crippen LogP contribution in [0.1, 0.15) is 17.5 Å². The van der Waals surface area contributed by atoms with Gasteiger partial charge < -0.3 is 20.2 Å². The van der Waals surface area contributed by atoms with E-state index < -0.39 is 23.6 Å². The van der Waals surface area contributed by atoms with Crippen molar-refractivity contribution >= 4 is 6.09 Å². The van der Waals surface area contributed by atoms with E-state index in [1.54, 1.807) is 13.0 Å². The van der Waals surface area contributed by atoms with Gasteiger partial charge in [-0.1, -0.05) is 12.1 Å². The van der Waals surface area contributed by atoms with Crippen molar-refractivity contribution in [2.45, 2.75) is 25.0 Å². The summed E-state index contributed by atoms with van der Waals surface area (Å²) in [7, 11) is 0. The van der Waals surface area contributed by atoms with E-state index in [4.69, 9.17) is 5.11 Å². The van der Waals surface area contributed by atoms with Crippen molar-refractivity contribution in [1.82, 2.24) is 4.90 Å². The lowest BCUT2D eigenvalue weighted by molar-refractivity contribution is -0.119. The summed E-state index contributed by atoms with van der Waals surface area (Å²) in [5.41, 5.74) is -0.890. The van der Waals surface area contributed by atoms with Gasteiger partial charge in [-0.05, 0) is 24.1 Å². The third kappa shape index (κ3) is 2.41. The van der Waals surface area contributed by atoms with Crippen LogP contribution in [0.5, 0.6) is 0 Å². The molecule has 0 aliphatic carbocycles. The van der Waals surface area contributed by atoms with E-state index >= 15 is 0 Å². The predicted octanol–water partition coefficient (Wildman–Crippen LogP) is 1.07.